The molecule has 2 N–H and O–H groups in total. The van der Waals surface area contributed by atoms with Gasteiger partial charge in [-0.2, -0.15) is 0 Å². The number of hydrogen-bond acceptors (Lipinski definition) is 5. The number of hydrogen-bond donors (Lipinski definition) is 2. The highest BCUT2D eigenvalue weighted by molar-refractivity contribution is 5.91. The van der Waals surface area contributed by atoms with Gasteiger partial charge in [0.1, 0.15) is 12.4 Å². The number of carbonyl (C=O) groups is 1. The summed E-state index contributed by atoms with van der Waals surface area (Å²) in [6.45, 7) is 2.74. The molecule has 1 aromatic carbocycles. The first-order valence-corrected chi connectivity index (χ1v) is 6.62. The van der Waals surface area contributed by atoms with Gasteiger partial charge in [-0.25, -0.2) is 0 Å². The Morgan fingerprint density at radius 3 is 3.20 bits per heavy atom. The standard InChI is InChI=1S/C14H20N2O4/c1-18-12-4-2-3-11(7-12)16-14(17)10-19-9-13-8-15-5-6-20-13/h2-4,7,13,15H,5-6,8-10H2,1H3,(H,16,17). The Kier molecular flexibility index (Phi) is 5.79. The fourth-order valence-electron chi connectivity index (χ4n) is 1.91. The number of nitrogens with one attached hydrogen (secondary N) is 2. The van der Waals surface area contributed by atoms with Gasteiger partial charge in [0.05, 0.1) is 26.4 Å². The first kappa shape index (κ1) is 14.8. The maximum atomic E-state index is 11.7. The minimum Gasteiger partial charge on any atom is -0.497 e. The van der Waals surface area contributed by atoms with Gasteiger partial charge in [0, 0.05) is 24.8 Å². The molecule has 6 heteroatoms. The molecule has 6 nitrogen and oxygen atoms in total. The number of ether oxygens (including phenoxy) is 3. The third-order valence-corrected chi connectivity index (χ3v) is 2.89. The van der Waals surface area contributed by atoms with E-state index in [1.54, 1.807) is 19.2 Å². The topological polar surface area (TPSA) is 68.8 Å². The fraction of sp³-hybridized carbons (Fsp3) is 0.500. The van der Waals surface area contributed by atoms with Crippen LogP contribution >= 0.6 is 0 Å². The molecule has 1 aromatic rings. The predicted molar refractivity (Wildman–Crippen MR) is 75.1 cm³/mol. The van der Waals surface area contributed by atoms with Crippen LogP contribution in [0, 0.1) is 0 Å². The molecule has 0 aromatic heterocycles. The number of carbonyl (C=O) groups excluding carboxylic acids is 1. The molecular formula is C14H20N2O4. The molecule has 1 fully saturated rings. The third kappa shape index (κ3) is 4.80. The van der Waals surface area contributed by atoms with Gasteiger partial charge in [-0.05, 0) is 12.1 Å². The van der Waals surface area contributed by atoms with Crippen molar-refractivity contribution in [2.45, 2.75) is 6.10 Å². The molecule has 1 saturated heterocycles. The van der Waals surface area contributed by atoms with Gasteiger partial charge in [-0.3, -0.25) is 4.79 Å². The first-order valence-electron chi connectivity index (χ1n) is 6.62. The Labute approximate surface area is 118 Å². The highest BCUT2D eigenvalue weighted by atomic mass is 16.5. The molecule has 2 rings (SSSR count). The largest absolute Gasteiger partial charge is 0.497 e. The lowest BCUT2D eigenvalue weighted by Crippen LogP contribution is -2.41. The van der Waals surface area contributed by atoms with Crippen LogP contribution < -0.4 is 15.4 Å². The van der Waals surface area contributed by atoms with E-state index in [1.807, 2.05) is 12.1 Å². The van der Waals surface area contributed by atoms with Gasteiger partial charge >= 0.3 is 0 Å². The van der Waals surface area contributed by atoms with Crippen LogP contribution in [-0.4, -0.2) is 52.0 Å². The van der Waals surface area contributed by atoms with E-state index in [1.165, 1.54) is 0 Å². The first-order chi connectivity index (χ1) is 9.78. The molecule has 20 heavy (non-hydrogen) atoms. The second kappa shape index (κ2) is 7.84. The molecule has 0 bridgehead atoms. The Hall–Kier alpha value is -1.63. The summed E-state index contributed by atoms with van der Waals surface area (Å²) in [7, 11) is 1.59. The van der Waals surface area contributed by atoms with Crippen LogP contribution in [0.4, 0.5) is 5.69 Å². The Morgan fingerprint density at radius 1 is 1.55 bits per heavy atom. The zero-order chi connectivity index (χ0) is 14.2. The van der Waals surface area contributed by atoms with E-state index in [0.29, 0.717) is 24.7 Å². The van der Waals surface area contributed by atoms with Crippen molar-refractivity contribution in [2.24, 2.45) is 0 Å². The van der Waals surface area contributed by atoms with Crippen LogP contribution in [-0.2, 0) is 14.3 Å². The predicted octanol–water partition coefficient (Wildman–Crippen LogP) is 0.639. The van der Waals surface area contributed by atoms with E-state index in [0.717, 1.165) is 13.1 Å². The van der Waals surface area contributed by atoms with Gasteiger partial charge in [0.2, 0.25) is 5.91 Å². The van der Waals surface area contributed by atoms with Crippen molar-refractivity contribution in [3.05, 3.63) is 24.3 Å². The number of rotatable bonds is 6. The second-order valence-electron chi connectivity index (χ2n) is 4.49. The molecule has 0 aliphatic carbocycles. The lowest BCUT2D eigenvalue weighted by molar-refractivity contribution is -0.122. The quantitative estimate of drug-likeness (QED) is 0.800. The molecule has 110 valence electrons. The molecular weight excluding hydrogens is 260 g/mol. The molecule has 1 atom stereocenters. The molecule has 1 aliphatic heterocycles. The highest BCUT2D eigenvalue weighted by Gasteiger charge is 2.14. The zero-order valence-corrected chi connectivity index (χ0v) is 11.6. The van der Waals surface area contributed by atoms with Crippen molar-refractivity contribution in [1.82, 2.24) is 5.32 Å². The number of benzene rings is 1. The third-order valence-electron chi connectivity index (χ3n) is 2.89. The normalized spacial score (nSPS) is 18.6. The number of methoxy groups -OCH3 is 1. The fourth-order valence-corrected chi connectivity index (χ4v) is 1.91. The molecule has 1 heterocycles. The number of morpholine rings is 1. The minimum atomic E-state index is -0.193. The average molecular weight is 280 g/mol. The van der Waals surface area contributed by atoms with Gasteiger partial charge in [0.15, 0.2) is 0 Å². The van der Waals surface area contributed by atoms with Gasteiger partial charge < -0.3 is 24.8 Å². The smallest absolute Gasteiger partial charge is 0.250 e. The second-order valence-corrected chi connectivity index (χ2v) is 4.49. The van der Waals surface area contributed by atoms with Crippen molar-refractivity contribution in [3.8, 4) is 5.75 Å². The zero-order valence-electron chi connectivity index (χ0n) is 11.6. The summed E-state index contributed by atoms with van der Waals surface area (Å²) in [6, 6.07) is 7.19. The van der Waals surface area contributed by atoms with E-state index < -0.39 is 0 Å². The van der Waals surface area contributed by atoms with E-state index >= 15 is 0 Å². The van der Waals surface area contributed by atoms with E-state index in [4.69, 9.17) is 14.2 Å². The maximum absolute atomic E-state index is 11.7. The summed E-state index contributed by atoms with van der Waals surface area (Å²) in [5.74, 6) is 0.507. The van der Waals surface area contributed by atoms with Crippen LogP contribution in [0.1, 0.15) is 0 Å². The van der Waals surface area contributed by atoms with Gasteiger partial charge in [-0.15, -0.1) is 0 Å². The summed E-state index contributed by atoms with van der Waals surface area (Å²) in [5, 5.41) is 5.96. The SMILES string of the molecule is COc1cccc(NC(=O)COCC2CNCCO2)c1. The summed E-state index contributed by atoms with van der Waals surface area (Å²) in [6.07, 6.45) is 0.0216. The van der Waals surface area contributed by atoms with Crippen LogP contribution in [0.2, 0.25) is 0 Å². The Morgan fingerprint density at radius 2 is 2.45 bits per heavy atom. The molecule has 1 unspecified atom stereocenters. The summed E-state index contributed by atoms with van der Waals surface area (Å²) in [5.41, 5.74) is 0.688. The monoisotopic (exact) mass is 280 g/mol. The lowest BCUT2D eigenvalue weighted by Gasteiger charge is -2.23. The van der Waals surface area contributed by atoms with Crippen molar-refractivity contribution in [2.75, 3.05) is 45.3 Å². The van der Waals surface area contributed by atoms with Crippen molar-refractivity contribution < 1.29 is 19.0 Å². The number of amides is 1. The van der Waals surface area contributed by atoms with E-state index in [-0.39, 0.29) is 18.6 Å². The molecule has 0 spiro atoms. The van der Waals surface area contributed by atoms with Crippen LogP contribution in [0.15, 0.2) is 24.3 Å². The lowest BCUT2D eigenvalue weighted by atomic mass is 10.3. The van der Waals surface area contributed by atoms with Gasteiger partial charge in [0.25, 0.3) is 0 Å². The van der Waals surface area contributed by atoms with Gasteiger partial charge in [-0.1, -0.05) is 6.07 Å². The van der Waals surface area contributed by atoms with Crippen LogP contribution in [0.3, 0.4) is 0 Å². The number of anilines is 1. The molecule has 1 aliphatic rings. The van der Waals surface area contributed by atoms with Crippen LogP contribution in [0.5, 0.6) is 5.75 Å². The van der Waals surface area contributed by atoms with Crippen molar-refractivity contribution in [1.29, 1.82) is 0 Å². The van der Waals surface area contributed by atoms with Crippen LogP contribution in [0.25, 0.3) is 0 Å². The highest BCUT2D eigenvalue weighted by Crippen LogP contribution is 2.16. The van der Waals surface area contributed by atoms with Crippen molar-refractivity contribution in [3.63, 3.8) is 0 Å². The maximum Gasteiger partial charge on any atom is 0.250 e. The Balaban J connectivity index is 1.69. The summed E-state index contributed by atoms with van der Waals surface area (Å²) < 4.78 is 15.9. The minimum absolute atomic E-state index is 0.0110. The molecule has 0 saturated carbocycles. The molecule has 0 radical (unpaired) electrons. The summed E-state index contributed by atoms with van der Waals surface area (Å²) in [4.78, 5) is 11.7. The molecule has 1 amide bonds. The van der Waals surface area contributed by atoms with E-state index in [9.17, 15) is 4.79 Å². The Bertz CT molecular complexity index is 433. The van der Waals surface area contributed by atoms with E-state index in [2.05, 4.69) is 10.6 Å². The van der Waals surface area contributed by atoms with Crippen molar-refractivity contribution >= 4 is 11.6 Å². The average Bonchev–Trinajstić information content (AvgIpc) is 2.48. The summed E-state index contributed by atoms with van der Waals surface area (Å²) >= 11 is 0.